The van der Waals surface area contributed by atoms with Crippen LogP contribution in [0.15, 0.2) is 42.5 Å². The molecule has 2 heteroatoms. The summed E-state index contributed by atoms with van der Waals surface area (Å²) in [7, 11) is 0. The van der Waals surface area contributed by atoms with E-state index in [1.54, 1.807) is 11.3 Å². The molecule has 1 aromatic carbocycles. The summed E-state index contributed by atoms with van der Waals surface area (Å²) >= 11 is 1.79. The van der Waals surface area contributed by atoms with Crippen molar-refractivity contribution in [2.24, 2.45) is 5.92 Å². The molecule has 0 radical (unpaired) electrons. The van der Waals surface area contributed by atoms with E-state index >= 15 is 0 Å². The molecular formula is C14H13NS. The van der Waals surface area contributed by atoms with Crippen molar-refractivity contribution in [2.75, 3.05) is 0 Å². The van der Waals surface area contributed by atoms with Gasteiger partial charge >= 0.3 is 0 Å². The Morgan fingerprint density at radius 3 is 3.00 bits per heavy atom. The van der Waals surface area contributed by atoms with Crippen LogP contribution in [0.5, 0.6) is 0 Å². The molecule has 0 spiro atoms. The van der Waals surface area contributed by atoms with Crippen LogP contribution >= 0.6 is 11.3 Å². The van der Waals surface area contributed by atoms with Gasteiger partial charge in [-0.3, -0.25) is 0 Å². The van der Waals surface area contributed by atoms with Gasteiger partial charge in [0.05, 0.1) is 10.2 Å². The molecule has 0 aliphatic heterocycles. The Balaban J connectivity index is 2.12. The van der Waals surface area contributed by atoms with Gasteiger partial charge in [0, 0.05) is 0 Å². The normalized spacial score (nSPS) is 20.1. The average molecular weight is 227 g/mol. The smallest absolute Gasteiger partial charge is 0.120 e. The van der Waals surface area contributed by atoms with Crippen LogP contribution in [0.2, 0.25) is 0 Å². The highest BCUT2D eigenvalue weighted by atomic mass is 32.1. The Morgan fingerprint density at radius 2 is 2.19 bits per heavy atom. The summed E-state index contributed by atoms with van der Waals surface area (Å²) < 4.78 is 1.28. The van der Waals surface area contributed by atoms with Crippen molar-refractivity contribution in [1.29, 1.82) is 0 Å². The third-order valence-corrected chi connectivity index (χ3v) is 4.06. The van der Waals surface area contributed by atoms with Gasteiger partial charge in [-0.25, -0.2) is 4.98 Å². The maximum Gasteiger partial charge on any atom is 0.120 e. The molecule has 1 aliphatic carbocycles. The first-order valence-corrected chi connectivity index (χ1v) is 6.39. The molecule has 3 rings (SSSR count). The lowest BCUT2D eigenvalue weighted by atomic mass is 9.94. The molecule has 0 fully saturated rings. The molecule has 1 aliphatic rings. The minimum absolute atomic E-state index is 0.588. The van der Waals surface area contributed by atoms with Gasteiger partial charge in [-0.1, -0.05) is 37.3 Å². The molecule has 1 heterocycles. The van der Waals surface area contributed by atoms with E-state index in [1.807, 2.05) is 6.07 Å². The van der Waals surface area contributed by atoms with Crippen molar-refractivity contribution >= 4 is 27.1 Å². The zero-order chi connectivity index (χ0) is 11.0. The number of benzene rings is 1. The fraction of sp³-hybridized carbons (Fsp3) is 0.214. The maximum atomic E-state index is 4.70. The Kier molecular flexibility index (Phi) is 2.37. The van der Waals surface area contributed by atoms with Gasteiger partial charge in [0.15, 0.2) is 0 Å². The predicted molar refractivity (Wildman–Crippen MR) is 70.5 cm³/mol. The van der Waals surface area contributed by atoms with Gasteiger partial charge in [0.25, 0.3) is 0 Å². The van der Waals surface area contributed by atoms with E-state index in [4.69, 9.17) is 4.98 Å². The molecule has 0 N–H and O–H groups in total. The Labute approximate surface area is 99.1 Å². The second-order valence-electron chi connectivity index (χ2n) is 4.17. The van der Waals surface area contributed by atoms with E-state index in [2.05, 4.69) is 43.4 Å². The van der Waals surface area contributed by atoms with Gasteiger partial charge in [-0.15, -0.1) is 11.3 Å². The van der Waals surface area contributed by atoms with Crippen molar-refractivity contribution in [3.05, 3.63) is 47.5 Å². The van der Waals surface area contributed by atoms with Crippen molar-refractivity contribution in [2.45, 2.75) is 13.3 Å². The Bertz CT molecular complexity index is 544. The molecule has 16 heavy (non-hydrogen) atoms. The lowest BCUT2D eigenvalue weighted by Crippen LogP contribution is -1.99. The first-order valence-electron chi connectivity index (χ1n) is 5.57. The number of hydrogen-bond donors (Lipinski definition) is 0. The van der Waals surface area contributed by atoms with Crippen LogP contribution in [-0.2, 0) is 0 Å². The monoisotopic (exact) mass is 227 g/mol. The Hall–Kier alpha value is -1.41. The van der Waals surface area contributed by atoms with Crippen LogP contribution < -0.4 is 0 Å². The minimum Gasteiger partial charge on any atom is -0.236 e. The van der Waals surface area contributed by atoms with Crippen LogP contribution in [0.3, 0.4) is 0 Å². The summed E-state index contributed by atoms with van der Waals surface area (Å²) in [4.78, 5) is 4.70. The average Bonchev–Trinajstić information content (AvgIpc) is 2.73. The van der Waals surface area contributed by atoms with Gasteiger partial charge in [-0.05, 0) is 30.0 Å². The topological polar surface area (TPSA) is 12.9 Å². The van der Waals surface area contributed by atoms with Crippen molar-refractivity contribution in [1.82, 2.24) is 4.98 Å². The third kappa shape index (κ3) is 1.59. The molecule has 2 aromatic rings. The molecule has 0 saturated heterocycles. The molecule has 80 valence electrons. The highest BCUT2D eigenvalue weighted by Crippen LogP contribution is 2.34. The fourth-order valence-electron chi connectivity index (χ4n) is 2.02. The van der Waals surface area contributed by atoms with Crippen LogP contribution in [0.25, 0.3) is 15.8 Å². The first kappa shape index (κ1) is 9.79. The maximum absolute atomic E-state index is 4.70. The van der Waals surface area contributed by atoms with Gasteiger partial charge in [0.1, 0.15) is 5.01 Å². The molecule has 1 aromatic heterocycles. The number of nitrogens with zero attached hydrogens (tertiary/aromatic N) is 1. The number of fused-ring (bicyclic) bond motifs is 1. The molecule has 0 bridgehead atoms. The third-order valence-electron chi connectivity index (χ3n) is 2.97. The fourth-order valence-corrected chi connectivity index (χ4v) is 3.13. The molecule has 1 atom stereocenters. The highest BCUT2D eigenvalue weighted by molar-refractivity contribution is 7.19. The lowest BCUT2D eigenvalue weighted by molar-refractivity contribution is 0.758. The summed E-state index contributed by atoms with van der Waals surface area (Å²) in [5.41, 5.74) is 2.49. The summed E-state index contributed by atoms with van der Waals surface area (Å²) in [6, 6.07) is 8.34. The SMILES string of the molecule is CC1CC=CC=C1c1nc2ccccc2s1. The van der Waals surface area contributed by atoms with E-state index in [-0.39, 0.29) is 0 Å². The van der Waals surface area contributed by atoms with E-state index in [1.165, 1.54) is 15.3 Å². The van der Waals surface area contributed by atoms with Crippen LogP contribution in [0, 0.1) is 5.92 Å². The van der Waals surface area contributed by atoms with Crippen LogP contribution in [-0.4, -0.2) is 4.98 Å². The number of aromatic nitrogens is 1. The van der Waals surface area contributed by atoms with E-state index in [0.717, 1.165) is 11.9 Å². The highest BCUT2D eigenvalue weighted by Gasteiger charge is 2.15. The van der Waals surface area contributed by atoms with Crippen LogP contribution in [0.1, 0.15) is 18.4 Å². The standard InChI is InChI=1S/C14H13NS/c1-10-6-2-3-7-11(10)14-15-12-8-4-5-9-13(12)16-14/h2-5,7-10H,6H2,1H3. The van der Waals surface area contributed by atoms with E-state index < -0.39 is 0 Å². The second kappa shape index (κ2) is 3.87. The zero-order valence-electron chi connectivity index (χ0n) is 9.18. The second-order valence-corrected chi connectivity index (χ2v) is 5.20. The molecular weight excluding hydrogens is 214 g/mol. The van der Waals surface area contributed by atoms with Gasteiger partial charge in [0.2, 0.25) is 0 Å². The quantitative estimate of drug-likeness (QED) is 0.708. The largest absolute Gasteiger partial charge is 0.236 e. The van der Waals surface area contributed by atoms with Crippen LogP contribution in [0.4, 0.5) is 0 Å². The molecule has 1 nitrogen and oxygen atoms in total. The molecule has 1 unspecified atom stereocenters. The van der Waals surface area contributed by atoms with Gasteiger partial charge in [-0.2, -0.15) is 0 Å². The number of thiazole rings is 1. The van der Waals surface area contributed by atoms with E-state index in [0.29, 0.717) is 5.92 Å². The first-order chi connectivity index (χ1) is 7.84. The van der Waals surface area contributed by atoms with Crippen molar-refractivity contribution in [3.8, 4) is 0 Å². The number of allylic oxidation sites excluding steroid dienone is 4. The number of hydrogen-bond acceptors (Lipinski definition) is 2. The number of para-hydroxylation sites is 1. The van der Waals surface area contributed by atoms with Crippen molar-refractivity contribution < 1.29 is 0 Å². The number of rotatable bonds is 1. The summed E-state index contributed by atoms with van der Waals surface area (Å²) in [5, 5.41) is 1.18. The lowest BCUT2D eigenvalue weighted by Gasteiger charge is -2.14. The van der Waals surface area contributed by atoms with Crippen molar-refractivity contribution in [3.63, 3.8) is 0 Å². The zero-order valence-corrected chi connectivity index (χ0v) is 10.00. The summed E-state index contributed by atoms with van der Waals surface area (Å²) in [5.74, 6) is 0.588. The predicted octanol–water partition coefficient (Wildman–Crippen LogP) is 4.28. The summed E-state index contributed by atoms with van der Waals surface area (Å²) in [6.45, 7) is 2.27. The molecule has 0 amide bonds. The van der Waals surface area contributed by atoms with E-state index in [9.17, 15) is 0 Å². The summed E-state index contributed by atoms with van der Waals surface area (Å²) in [6.07, 6.45) is 7.69. The van der Waals surface area contributed by atoms with Gasteiger partial charge < -0.3 is 0 Å². The Morgan fingerprint density at radius 1 is 1.31 bits per heavy atom. The minimum atomic E-state index is 0.588. The molecule has 0 saturated carbocycles.